The summed E-state index contributed by atoms with van der Waals surface area (Å²) in [6.45, 7) is 5.26. The van der Waals surface area contributed by atoms with Crippen LogP contribution in [-0.4, -0.2) is 54.3 Å². The summed E-state index contributed by atoms with van der Waals surface area (Å²) in [5.74, 6) is 1.15. The molecule has 1 saturated heterocycles. The fourth-order valence-corrected chi connectivity index (χ4v) is 4.27. The number of carbonyl (C=O) groups excluding carboxylic acids is 1. The van der Waals surface area contributed by atoms with Gasteiger partial charge >= 0.3 is 0 Å². The van der Waals surface area contributed by atoms with E-state index >= 15 is 0 Å². The van der Waals surface area contributed by atoms with Crippen LogP contribution in [0.4, 0.5) is 21.6 Å². The number of rotatable bonds is 8. The average molecular weight is 504 g/mol. The Kier molecular flexibility index (Phi) is 6.74. The quantitative estimate of drug-likeness (QED) is 0.325. The zero-order valence-corrected chi connectivity index (χ0v) is 20.5. The minimum Gasteiger partial charge on any atom is -0.494 e. The fourth-order valence-electron chi connectivity index (χ4n) is 4.27. The number of halogens is 1. The number of likely N-dealkylation sites (N-methyl/N-ethyl adjacent to an activating group) is 1. The van der Waals surface area contributed by atoms with Crippen LogP contribution < -0.4 is 20.1 Å². The summed E-state index contributed by atoms with van der Waals surface area (Å²) in [6.07, 6.45) is 3.63. The molecule has 190 valence electrons. The van der Waals surface area contributed by atoms with E-state index in [2.05, 4.69) is 32.3 Å². The molecular weight excluding hydrogens is 477 g/mol. The van der Waals surface area contributed by atoms with Crippen molar-refractivity contribution in [3.63, 3.8) is 0 Å². The second kappa shape index (κ2) is 10.3. The van der Waals surface area contributed by atoms with Crippen molar-refractivity contribution in [2.24, 2.45) is 0 Å². The van der Waals surface area contributed by atoms with Crippen LogP contribution in [-0.2, 0) is 4.79 Å². The number of fused-ring (bicyclic) bond motifs is 1. The van der Waals surface area contributed by atoms with Gasteiger partial charge < -0.3 is 29.5 Å². The van der Waals surface area contributed by atoms with Gasteiger partial charge in [0.05, 0.1) is 30.1 Å². The second-order valence-corrected chi connectivity index (χ2v) is 8.77. The smallest absolute Gasteiger partial charge is 0.247 e. The first-order chi connectivity index (χ1) is 17.9. The van der Waals surface area contributed by atoms with Gasteiger partial charge in [-0.15, -0.1) is 0 Å². The number of hydrogen-bond acceptors (Lipinski definition) is 8. The van der Waals surface area contributed by atoms with Gasteiger partial charge in [-0.05, 0) is 43.8 Å². The highest BCUT2D eigenvalue weighted by atomic mass is 19.1. The molecule has 9 nitrogen and oxygen atoms in total. The van der Waals surface area contributed by atoms with Crippen molar-refractivity contribution in [1.29, 1.82) is 0 Å². The van der Waals surface area contributed by atoms with E-state index in [1.54, 1.807) is 43.6 Å². The van der Waals surface area contributed by atoms with Crippen molar-refractivity contribution < 1.29 is 23.2 Å². The van der Waals surface area contributed by atoms with Crippen molar-refractivity contribution in [1.82, 2.24) is 15.0 Å². The van der Waals surface area contributed by atoms with E-state index in [1.807, 2.05) is 7.05 Å². The van der Waals surface area contributed by atoms with Crippen molar-refractivity contribution in [3.05, 3.63) is 67.1 Å². The van der Waals surface area contributed by atoms with Crippen molar-refractivity contribution in [2.45, 2.75) is 12.5 Å². The van der Waals surface area contributed by atoms with Crippen LogP contribution in [0.15, 0.2) is 65.8 Å². The Morgan fingerprint density at radius 2 is 2.11 bits per heavy atom. The first kappa shape index (κ1) is 24.3. The monoisotopic (exact) mass is 503 g/mol. The number of benzene rings is 2. The summed E-state index contributed by atoms with van der Waals surface area (Å²) in [5.41, 5.74) is 2.11. The van der Waals surface area contributed by atoms with E-state index in [9.17, 15) is 9.18 Å². The predicted octanol–water partition coefficient (Wildman–Crippen LogP) is 4.99. The maximum absolute atomic E-state index is 13.8. The standard InChI is InChI=1S/C27H26FN5O4/c1-4-26(34)31-21-12-20(23(35-3)13-24(21)36-18-8-9-33(2)15-18)30-25-11-19-22(14-29-25)32-37-27(19)16-6-5-7-17(28)10-16/h4-7,10-14,18,30H,1,8-9,15H2,2-3H3,(H,31,34). The van der Waals surface area contributed by atoms with Gasteiger partial charge in [0.15, 0.2) is 5.76 Å². The number of carbonyl (C=O) groups is 1. The van der Waals surface area contributed by atoms with Gasteiger partial charge in [-0.3, -0.25) is 4.79 Å². The molecule has 2 aromatic heterocycles. The fraction of sp³-hybridized carbons (Fsp3) is 0.222. The number of hydrogen-bond donors (Lipinski definition) is 2. The van der Waals surface area contributed by atoms with Crippen LogP contribution in [0, 0.1) is 5.82 Å². The molecule has 5 rings (SSSR count). The molecule has 1 fully saturated rings. The SMILES string of the molecule is C=CC(=O)Nc1cc(Nc2cc3c(-c4cccc(F)c4)onc3cn2)c(OC)cc1OC1CCN(C)C1. The lowest BCUT2D eigenvalue weighted by Gasteiger charge is -2.20. The normalized spacial score (nSPS) is 15.5. The van der Waals surface area contributed by atoms with Gasteiger partial charge in [0.2, 0.25) is 5.91 Å². The zero-order valence-electron chi connectivity index (χ0n) is 20.5. The predicted molar refractivity (Wildman–Crippen MR) is 139 cm³/mol. The Balaban J connectivity index is 1.50. The summed E-state index contributed by atoms with van der Waals surface area (Å²) in [7, 11) is 3.59. The molecule has 1 amide bonds. The minimum absolute atomic E-state index is 0.00759. The highest BCUT2D eigenvalue weighted by Crippen LogP contribution is 2.39. The molecule has 1 unspecified atom stereocenters. The van der Waals surface area contributed by atoms with E-state index in [4.69, 9.17) is 14.0 Å². The lowest BCUT2D eigenvalue weighted by atomic mass is 10.1. The topological polar surface area (TPSA) is 102 Å². The molecule has 0 spiro atoms. The number of pyridine rings is 1. The van der Waals surface area contributed by atoms with Gasteiger partial charge in [-0.25, -0.2) is 9.37 Å². The molecule has 1 aliphatic rings. The van der Waals surface area contributed by atoms with Crippen molar-refractivity contribution >= 4 is 34.0 Å². The van der Waals surface area contributed by atoms with Crippen LogP contribution in [0.5, 0.6) is 11.5 Å². The minimum atomic E-state index is -0.375. The van der Waals surface area contributed by atoms with Crippen molar-refractivity contribution in [2.75, 3.05) is 37.9 Å². The molecule has 1 atom stereocenters. The lowest BCUT2D eigenvalue weighted by Crippen LogP contribution is -2.22. The van der Waals surface area contributed by atoms with E-state index < -0.39 is 0 Å². The molecule has 10 heteroatoms. The molecule has 0 bridgehead atoms. The highest BCUT2D eigenvalue weighted by molar-refractivity contribution is 6.00. The van der Waals surface area contributed by atoms with Gasteiger partial charge in [0.25, 0.3) is 0 Å². The Hall–Kier alpha value is -4.44. The Labute approximate surface area is 212 Å². The Morgan fingerprint density at radius 1 is 1.24 bits per heavy atom. The summed E-state index contributed by atoms with van der Waals surface area (Å²) in [6, 6.07) is 11.3. The van der Waals surface area contributed by atoms with Crippen LogP contribution in [0.1, 0.15) is 6.42 Å². The molecule has 37 heavy (non-hydrogen) atoms. The summed E-state index contributed by atoms with van der Waals surface area (Å²) < 4.78 is 31.1. The van der Waals surface area contributed by atoms with Crippen LogP contribution in [0.3, 0.4) is 0 Å². The Bertz CT molecular complexity index is 1470. The molecule has 0 radical (unpaired) electrons. The molecule has 0 aliphatic carbocycles. The zero-order chi connectivity index (χ0) is 25.9. The molecule has 2 N–H and O–H groups in total. The van der Waals surface area contributed by atoms with Crippen LogP contribution in [0.25, 0.3) is 22.2 Å². The second-order valence-electron chi connectivity index (χ2n) is 8.77. The molecule has 1 aliphatic heterocycles. The lowest BCUT2D eigenvalue weighted by molar-refractivity contribution is -0.111. The van der Waals surface area contributed by atoms with Gasteiger partial charge in [0, 0.05) is 24.7 Å². The van der Waals surface area contributed by atoms with E-state index in [1.165, 1.54) is 18.2 Å². The number of likely N-dealkylation sites (tertiary alicyclic amines) is 1. The molecular formula is C27H26FN5O4. The summed E-state index contributed by atoms with van der Waals surface area (Å²) in [4.78, 5) is 18.8. The maximum atomic E-state index is 13.8. The van der Waals surface area contributed by atoms with Gasteiger partial charge in [-0.1, -0.05) is 23.9 Å². The Morgan fingerprint density at radius 3 is 2.84 bits per heavy atom. The van der Waals surface area contributed by atoms with Crippen LogP contribution in [0.2, 0.25) is 0 Å². The van der Waals surface area contributed by atoms with Gasteiger partial charge in [0.1, 0.15) is 34.8 Å². The molecule has 3 heterocycles. The largest absolute Gasteiger partial charge is 0.494 e. The first-order valence-electron chi connectivity index (χ1n) is 11.7. The number of nitrogens with one attached hydrogen (secondary N) is 2. The summed E-state index contributed by atoms with van der Waals surface area (Å²) >= 11 is 0. The number of ether oxygens (including phenoxy) is 2. The van der Waals surface area contributed by atoms with E-state index in [-0.39, 0.29) is 17.8 Å². The molecule has 2 aromatic carbocycles. The maximum Gasteiger partial charge on any atom is 0.247 e. The number of aromatic nitrogens is 2. The molecule has 0 saturated carbocycles. The van der Waals surface area contributed by atoms with E-state index in [0.717, 1.165) is 19.5 Å². The number of amides is 1. The summed E-state index contributed by atoms with van der Waals surface area (Å²) in [5, 5.41) is 10.7. The number of nitrogens with zero attached hydrogens (tertiary/aromatic N) is 3. The third-order valence-corrected chi connectivity index (χ3v) is 6.10. The number of anilines is 3. The van der Waals surface area contributed by atoms with E-state index in [0.29, 0.717) is 50.9 Å². The highest BCUT2D eigenvalue weighted by Gasteiger charge is 2.24. The molecule has 4 aromatic rings. The van der Waals surface area contributed by atoms with Crippen molar-refractivity contribution in [3.8, 4) is 22.8 Å². The van der Waals surface area contributed by atoms with Gasteiger partial charge in [-0.2, -0.15) is 0 Å². The van der Waals surface area contributed by atoms with Crippen LogP contribution >= 0.6 is 0 Å². The third-order valence-electron chi connectivity index (χ3n) is 6.10. The number of methoxy groups -OCH3 is 1. The average Bonchev–Trinajstić information content (AvgIpc) is 3.50. The third kappa shape index (κ3) is 5.24. The first-order valence-corrected chi connectivity index (χ1v) is 11.7.